The molecular formula is C13H15BrFN. The van der Waals surface area contributed by atoms with Crippen LogP contribution in [0.3, 0.4) is 0 Å². The lowest BCUT2D eigenvalue weighted by Crippen LogP contribution is -2.29. The van der Waals surface area contributed by atoms with Crippen molar-refractivity contribution in [3.8, 4) is 0 Å². The van der Waals surface area contributed by atoms with E-state index < -0.39 is 0 Å². The lowest BCUT2D eigenvalue weighted by atomic mass is 9.77. The third kappa shape index (κ3) is 1.61. The fourth-order valence-electron chi connectivity index (χ4n) is 2.41. The molecule has 0 bridgehead atoms. The van der Waals surface area contributed by atoms with Gasteiger partial charge in [-0.05, 0) is 23.6 Å². The van der Waals surface area contributed by atoms with Gasteiger partial charge in [0.25, 0.3) is 0 Å². The summed E-state index contributed by atoms with van der Waals surface area (Å²) in [6.07, 6.45) is 0. The minimum atomic E-state index is -0.242. The number of fused-ring (bicyclic) bond motifs is 1. The SMILES string of the molecule is CC(C)C1=Nc2c(F)cc(Br)cc2C1(C)C. The summed E-state index contributed by atoms with van der Waals surface area (Å²) in [6, 6.07) is 3.44. The van der Waals surface area contributed by atoms with Crippen LogP contribution in [0.25, 0.3) is 0 Å². The second-order valence-electron chi connectivity index (χ2n) is 5.06. The van der Waals surface area contributed by atoms with Crippen molar-refractivity contribution in [1.29, 1.82) is 0 Å². The Balaban J connectivity index is 2.66. The van der Waals surface area contributed by atoms with Gasteiger partial charge in [0.15, 0.2) is 0 Å². The molecule has 0 spiro atoms. The zero-order chi connectivity index (χ0) is 12.1. The van der Waals surface area contributed by atoms with Crippen LogP contribution in [-0.4, -0.2) is 5.71 Å². The first-order valence-electron chi connectivity index (χ1n) is 5.42. The van der Waals surface area contributed by atoms with Crippen LogP contribution in [0.2, 0.25) is 0 Å². The molecule has 0 atom stereocenters. The molecule has 1 aromatic carbocycles. The van der Waals surface area contributed by atoms with E-state index in [1.54, 1.807) is 0 Å². The highest BCUT2D eigenvalue weighted by Crippen LogP contribution is 2.44. The Labute approximate surface area is 104 Å². The van der Waals surface area contributed by atoms with Gasteiger partial charge in [-0.3, -0.25) is 4.99 Å². The van der Waals surface area contributed by atoms with E-state index in [-0.39, 0.29) is 11.2 Å². The number of benzene rings is 1. The molecule has 86 valence electrons. The van der Waals surface area contributed by atoms with Crippen LogP contribution in [0.1, 0.15) is 33.3 Å². The Hall–Kier alpha value is -0.700. The molecule has 0 saturated carbocycles. The van der Waals surface area contributed by atoms with Gasteiger partial charge in [0.2, 0.25) is 0 Å². The Bertz CT molecular complexity index is 475. The molecular weight excluding hydrogens is 269 g/mol. The Kier molecular flexibility index (Phi) is 2.69. The molecule has 1 heterocycles. The van der Waals surface area contributed by atoms with E-state index in [0.717, 1.165) is 15.7 Å². The van der Waals surface area contributed by atoms with Gasteiger partial charge in [0.05, 0.1) is 0 Å². The van der Waals surface area contributed by atoms with Gasteiger partial charge in [0.1, 0.15) is 11.5 Å². The highest BCUT2D eigenvalue weighted by Gasteiger charge is 2.37. The Morgan fingerprint density at radius 1 is 1.31 bits per heavy atom. The van der Waals surface area contributed by atoms with E-state index in [2.05, 4.69) is 48.6 Å². The van der Waals surface area contributed by atoms with Crippen molar-refractivity contribution in [3.63, 3.8) is 0 Å². The van der Waals surface area contributed by atoms with Crippen LogP contribution in [0.5, 0.6) is 0 Å². The topological polar surface area (TPSA) is 12.4 Å². The van der Waals surface area contributed by atoms with Crippen molar-refractivity contribution in [1.82, 2.24) is 0 Å². The second kappa shape index (κ2) is 3.66. The van der Waals surface area contributed by atoms with Crippen LogP contribution in [0.15, 0.2) is 21.6 Å². The fourth-order valence-corrected chi connectivity index (χ4v) is 2.83. The lowest BCUT2D eigenvalue weighted by molar-refractivity contribution is 0.623. The van der Waals surface area contributed by atoms with Gasteiger partial charge >= 0.3 is 0 Å². The maximum atomic E-state index is 13.8. The highest BCUT2D eigenvalue weighted by molar-refractivity contribution is 9.10. The maximum absolute atomic E-state index is 13.8. The molecule has 1 aromatic rings. The smallest absolute Gasteiger partial charge is 0.150 e. The van der Waals surface area contributed by atoms with E-state index in [1.165, 1.54) is 6.07 Å². The first-order valence-corrected chi connectivity index (χ1v) is 6.22. The van der Waals surface area contributed by atoms with Crippen molar-refractivity contribution >= 4 is 27.3 Å². The first-order chi connectivity index (χ1) is 7.34. The molecule has 1 nitrogen and oxygen atoms in total. The number of aliphatic imine (C=N–C) groups is 1. The minimum absolute atomic E-state index is 0.172. The molecule has 0 aliphatic carbocycles. The molecule has 0 radical (unpaired) electrons. The summed E-state index contributed by atoms with van der Waals surface area (Å²) in [4.78, 5) is 4.47. The zero-order valence-electron chi connectivity index (χ0n) is 9.94. The predicted molar refractivity (Wildman–Crippen MR) is 69.1 cm³/mol. The van der Waals surface area contributed by atoms with Crippen molar-refractivity contribution in [2.45, 2.75) is 33.1 Å². The molecule has 16 heavy (non-hydrogen) atoms. The van der Waals surface area contributed by atoms with Crippen molar-refractivity contribution < 1.29 is 4.39 Å². The number of halogens is 2. The normalized spacial score (nSPS) is 17.6. The quantitative estimate of drug-likeness (QED) is 0.714. The second-order valence-corrected chi connectivity index (χ2v) is 5.98. The zero-order valence-corrected chi connectivity index (χ0v) is 11.5. The van der Waals surface area contributed by atoms with Crippen molar-refractivity contribution in [2.75, 3.05) is 0 Å². The van der Waals surface area contributed by atoms with E-state index in [0.29, 0.717) is 11.6 Å². The van der Waals surface area contributed by atoms with Gasteiger partial charge in [-0.1, -0.05) is 43.6 Å². The predicted octanol–water partition coefficient (Wildman–Crippen LogP) is 4.61. The van der Waals surface area contributed by atoms with Gasteiger partial charge in [-0.2, -0.15) is 0 Å². The number of hydrogen-bond acceptors (Lipinski definition) is 1. The molecule has 0 saturated heterocycles. The average molecular weight is 284 g/mol. The Morgan fingerprint density at radius 2 is 1.94 bits per heavy atom. The third-order valence-electron chi connectivity index (χ3n) is 3.12. The van der Waals surface area contributed by atoms with Gasteiger partial charge in [0, 0.05) is 15.6 Å². The Morgan fingerprint density at radius 3 is 2.50 bits per heavy atom. The number of nitrogens with zero attached hydrogens (tertiary/aromatic N) is 1. The monoisotopic (exact) mass is 283 g/mol. The van der Waals surface area contributed by atoms with E-state index >= 15 is 0 Å². The lowest BCUT2D eigenvalue weighted by Gasteiger charge is -2.24. The third-order valence-corrected chi connectivity index (χ3v) is 3.58. The van der Waals surface area contributed by atoms with Crippen molar-refractivity contribution in [2.24, 2.45) is 10.9 Å². The molecule has 2 rings (SSSR count). The molecule has 0 aromatic heterocycles. The summed E-state index contributed by atoms with van der Waals surface area (Å²) >= 11 is 3.33. The largest absolute Gasteiger partial charge is 0.253 e. The summed E-state index contributed by atoms with van der Waals surface area (Å²) in [5.41, 5.74) is 2.37. The number of rotatable bonds is 1. The van der Waals surface area contributed by atoms with Crippen molar-refractivity contribution in [3.05, 3.63) is 28.0 Å². The molecule has 0 amide bonds. The first kappa shape index (κ1) is 11.8. The summed E-state index contributed by atoms with van der Waals surface area (Å²) in [6.45, 7) is 8.39. The summed E-state index contributed by atoms with van der Waals surface area (Å²) in [7, 11) is 0. The maximum Gasteiger partial charge on any atom is 0.150 e. The standard InChI is InChI=1S/C13H15BrFN/c1-7(2)12-13(3,4)9-5-8(14)6-10(15)11(9)16-12/h5-7H,1-4H3. The van der Waals surface area contributed by atoms with Gasteiger partial charge in [-0.15, -0.1) is 0 Å². The van der Waals surface area contributed by atoms with E-state index in [1.807, 2.05) is 6.07 Å². The molecule has 3 heteroatoms. The summed E-state index contributed by atoms with van der Waals surface area (Å²) in [5.74, 6) is 0.0914. The van der Waals surface area contributed by atoms with Crippen LogP contribution in [0, 0.1) is 11.7 Å². The van der Waals surface area contributed by atoms with Crippen LogP contribution >= 0.6 is 15.9 Å². The van der Waals surface area contributed by atoms with E-state index in [4.69, 9.17) is 0 Å². The summed E-state index contributed by atoms with van der Waals surface area (Å²) < 4.78 is 14.6. The van der Waals surface area contributed by atoms with Crippen LogP contribution < -0.4 is 0 Å². The van der Waals surface area contributed by atoms with E-state index in [9.17, 15) is 4.39 Å². The highest BCUT2D eigenvalue weighted by atomic mass is 79.9. The van der Waals surface area contributed by atoms with Gasteiger partial charge in [-0.25, -0.2) is 4.39 Å². The number of hydrogen-bond donors (Lipinski definition) is 0. The molecule has 0 fully saturated rings. The summed E-state index contributed by atoms with van der Waals surface area (Å²) in [5, 5.41) is 0. The molecule has 1 aliphatic heterocycles. The van der Waals surface area contributed by atoms with Crippen LogP contribution in [0.4, 0.5) is 10.1 Å². The van der Waals surface area contributed by atoms with Crippen LogP contribution in [-0.2, 0) is 5.41 Å². The molecule has 0 N–H and O–H groups in total. The molecule has 0 unspecified atom stereocenters. The van der Waals surface area contributed by atoms with Gasteiger partial charge < -0.3 is 0 Å². The molecule has 1 aliphatic rings. The minimum Gasteiger partial charge on any atom is -0.253 e. The fraction of sp³-hybridized carbons (Fsp3) is 0.462. The average Bonchev–Trinajstić information content (AvgIpc) is 2.39.